The predicted octanol–water partition coefficient (Wildman–Crippen LogP) is 2.79. The van der Waals surface area contributed by atoms with Crippen LogP contribution in [0.15, 0.2) is 0 Å². The van der Waals surface area contributed by atoms with E-state index in [0.717, 1.165) is 25.8 Å². The van der Waals surface area contributed by atoms with Crippen LogP contribution < -0.4 is 5.73 Å². The van der Waals surface area contributed by atoms with Gasteiger partial charge in [0.15, 0.2) is 0 Å². The van der Waals surface area contributed by atoms with Crippen molar-refractivity contribution in [3.8, 4) is 0 Å². The van der Waals surface area contributed by atoms with Crippen LogP contribution in [0.5, 0.6) is 0 Å². The number of nitrogens with two attached hydrogens (primary N) is 1. The first-order chi connectivity index (χ1) is 8.41. The lowest BCUT2D eigenvalue weighted by Crippen LogP contribution is -2.39. The Bertz CT molecular complexity index is 259. The van der Waals surface area contributed by atoms with Gasteiger partial charge in [0.2, 0.25) is 5.91 Å². The summed E-state index contributed by atoms with van der Waals surface area (Å²) in [5, 5.41) is 0. The maximum Gasteiger partial charge on any atom is 0.225 e. The predicted molar refractivity (Wildman–Crippen MR) is 76.2 cm³/mol. The molecule has 0 aromatic carbocycles. The van der Waals surface area contributed by atoms with Gasteiger partial charge >= 0.3 is 0 Å². The Morgan fingerprint density at radius 2 is 1.83 bits per heavy atom. The molecule has 0 aromatic heterocycles. The van der Waals surface area contributed by atoms with E-state index >= 15 is 0 Å². The van der Waals surface area contributed by atoms with E-state index in [1.165, 1.54) is 12.8 Å². The molecular weight excluding hydrogens is 224 g/mol. The molecule has 1 aliphatic carbocycles. The molecule has 0 spiro atoms. The maximum absolute atomic E-state index is 12.4. The third-order valence-corrected chi connectivity index (χ3v) is 3.55. The lowest BCUT2D eigenvalue weighted by Gasteiger charge is -2.27. The Hall–Kier alpha value is -0.570. The average Bonchev–Trinajstić information content (AvgIpc) is 3.07. The number of carbonyl (C=O) groups excluding carboxylic acids is 1. The van der Waals surface area contributed by atoms with Gasteiger partial charge in [-0.15, -0.1) is 0 Å². The van der Waals surface area contributed by atoms with Crippen molar-refractivity contribution in [3.63, 3.8) is 0 Å². The van der Waals surface area contributed by atoms with Crippen LogP contribution in [0.3, 0.4) is 0 Å². The van der Waals surface area contributed by atoms with Crippen molar-refractivity contribution in [1.29, 1.82) is 0 Å². The minimum atomic E-state index is 0.156. The molecule has 2 atom stereocenters. The molecule has 0 aromatic rings. The van der Waals surface area contributed by atoms with Gasteiger partial charge in [-0.1, -0.05) is 27.2 Å². The van der Waals surface area contributed by atoms with E-state index in [1.807, 2.05) is 6.92 Å². The topological polar surface area (TPSA) is 46.3 Å². The molecule has 0 radical (unpaired) electrons. The van der Waals surface area contributed by atoms with Crippen LogP contribution >= 0.6 is 0 Å². The summed E-state index contributed by atoms with van der Waals surface area (Å²) in [6.07, 6.45) is 5.45. The fourth-order valence-electron chi connectivity index (χ4n) is 2.35. The van der Waals surface area contributed by atoms with Gasteiger partial charge in [-0.2, -0.15) is 0 Å². The quantitative estimate of drug-likeness (QED) is 0.724. The largest absolute Gasteiger partial charge is 0.339 e. The lowest BCUT2D eigenvalue weighted by atomic mass is 10.00. The molecule has 3 nitrogen and oxygen atoms in total. The van der Waals surface area contributed by atoms with Gasteiger partial charge in [-0.3, -0.25) is 4.79 Å². The van der Waals surface area contributed by atoms with Gasteiger partial charge in [0.25, 0.3) is 0 Å². The van der Waals surface area contributed by atoms with Crippen molar-refractivity contribution in [2.45, 2.75) is 71.9 Å². The molecule has 1 aliphatic rings. The van der Waals surface area contributed by atoms with Crippen molar-refractivity contribution in [1.82, 2.24) is 4.90 Å². The number of rotatable bonds is 8. The molecule has 0 saturated heterocycles. The van der Waals surface area contributed by atoms with Gasteiger partial charge < -0.3 is 10.6 Å². The average molecular weight is 254 g/mol. The number of hydrogen-bond donors (Lipinski definition) is 1. The summed E-state index contributed by atoms with van der Waals surface area (Å²) < 4.78 is 0. The van der Waals surface area contributed by atoms with Crippen molar-refractivity contribution >= 4 is 5.91 Å². The Labute approximate surface area is 112 Å². The summed E-state index contributed by atoms with van der Waals surface area (Å²) in [5.74, 6) is 1.07. The van der Waals surface area contributed by atoms with E-state index in [0.29, 0.717) is 17.9 Å². The summed E-state index contributed by atoms with van der Waals surface area (Å²) in [5.41, 5.74) is 5.74. The van der Waals surface area contributed by atoms with Crippen LogP contribution in [0.25, 0.3) is 0 Å². The molecule has 1 saturated carbocycles. The van der Waals surface area contributed by atoms with Crippen LogP contribution in [-0.4, -0.2) is 29.4 Å². The van der Waals surface area contributed by atoms with Crippen molar-refractivity contribution in [3.05, 3.63) is 0 Å². The third kappa shape index (κ3) is 5.38. The molecule has 18 heavy (non-hydrogen) atoms. The zero-order chi connectivity index (χ0) is 13.7. The van der Waals surface area contributed by atoms with E-state index in [-0.39, 0.29) is 12.0 Å². The number of carbonyl (C=O) groups is 1. The Kier molecular flexibility index (Phi) is 6.13. The fraction of sp³-hybridized carbons (Fsp3) is 0.933. The van der Waals surface area contributed by atoms with Gasteiger partial charge in [-0.05, 0) is 38.5 Å². The standard InChI is InChI=1S/C15H30N2O/c1-11(2)10-17(14-8-9-14)15(18)12(3)6-5-7-13(4)16/h11-14H,5-10,16H2,1-4H3. The zero-order valence-electron chi connectivity index (χ0n) is 12.5. The molecule has 2 unspecified atom stereocenters. The summed E-state index contributed by atoms with van der Waals surface area (Å²) in [6.45, 7) is 9.38. The normalized spacial score (nSPS) is 18.8. The van der Waals surface area contributed by atoms with Crippen LogP contribution in [-0.2, 0) is 4.79 Å². The molecule has 2 N–H and O–H groups in total. The summed E-state index contributed by atoms with van der Waals surface area (Å²) in [7, 11) is 0. The lowest BCUT2D eigenvalue weighted by molar-refractivity contribution is -0.136. The molecule has 0 heterocycles. The number of amides is 1. The second-order valence-electron chi connectivity index (χ2n) is 6.42. The second kappa shape index (κ2) is 7.13. The minimum absolute atomic E-state index is 0.156. The number of nitrogens with zero attached hydrogens (tertiary/aromatic N) is 1. The highest BCUT2D eigenvalue weighted by Gasteiger charge is 2.34. The maximum atomic E-state index is 12.4. The molecule has 0 aliphatic heterocycles. The molecule has 0 bridgehead atoms. The highest BCUT2D eigenvalue weighted by atomic mass is 16.2. The van der Waals surface area contributed by atoms with E-state index in [4.69, 9.17) is 5.73 Å². The SMILES string of the molecule is CC(C)CN(C(=O)C(C)CCCC(C)N)C1CC1. The molecular formula is C15H30N2O. The van der Waals surface area contributed by atoms with Gasteiger partial charge in [0, 0.05) is 24.5 Å². The van der Waals surface area contributed by atoms with Crippen molar-refractivity contribution in [2.75, 3.05) is 6.54 Å². The fourth-order valence-corrected chi connectivity index (χ4v) is 2.35. The van der Waals surface area contributed by atoms with Crippen LogP contribution in [0.1, 0.15) is 59.8 Å². The first-order valence-corrected chi connectivity index (χ1v) is 7.47. The van der Waals surface area contributed by atoms with Crippen molar-refractivity contribution < 1.29 is 4.79 Å². The Morgan fingerprint density at radius 1 is 1.22 bits per heavy atom. The van der Waals surface area contributed by atoms with Gasteiger partial charge in [0.1, 0.15) is 0 Å². The van der Waals surface area contributed by atoms with E-state index < -0.39 is 0 Å². The molecule has 1 amide bonds. The first kappa shape index (κ1) is 15.5. The third-order valence-electron chi connectivity index (χ3n) is 3.55. The van der Waals surface area contributed by atoms with E-state index in [9.17, 15) is 4.79 Å². The van der Waals surface area contributed by atoms with Gasteiger partial charge in [0.05, 0.1) is 0 Å². The van der Waals surface area contributed by atoms with Crippen LogP contribution in [0, 0.1) is 11.8 Å². The highest BCUT2D eigenvalue weighted by Crippen LogP contribution is 2.29. The monoisotopic (exact) mass is 254 g/mol. The van der Waals surface area contributed by atoms with Crippen LogP contribution in [0.4, 0.5) is 0 Å². The molecule has 106 valence electrons. The van der Waals surface area contributed by atoms with E-state index in [2.05, 4.69) is 25.7 Å². The van der Waals surface area contributed by atoms with Crippen molar-refractivity contribution in [2.24, 2.45) is 17.6 Å². The second-order valence-corrected chi connectivity index (χ2v) is 6.42. The number of hydrogen-bond acceptors (Lipinski definition) is 2. The summed E-state index contributed by atoms with van der Waals surface area (Å²) in [4.78, 5) is 14.6. The molecule has 1 fully saturated rings. The molecule has 3 heteroatoms. The zero-order valence-corrected chi connectivity index (χ0v) is 12.5. The smallest absolute Gasteiger partial charge is 0.225 e. The van der Waals surface area contributed by atoms with Crippen LogP contribution in [0.2, 0.25) is 0 Å². The summed E-state index contributed by atoms with van der Waals surface area (Å²) >= 11 is 0. The summed E-state index contributed by atoms with van der Waals surface area (Å²) in [6, 6.07) is 0.790. The Morgan fingerprint density at radius 3 is 2.28 bits per heavy atom. The van der Waals surface area contributed by atoms with E-state index in [1.54, 1.807) is 0 Å². The van der Waals surface area contributed by atoms with Gasteiger partial charge in [-0.25, -0.2) is 0 Å². The first-order valence-electron chi connectivity index (χ1n) is 7.47. The molecule has 1 rings (SSSR count). The minimum Gasteiger partial charge on any atom is -0.339 e. The Balaban J connectivity index is 2.39. The highest BCUT2D eigenvalue weighted by molar-refractivity contribution is 5.79.